The van der Waals surface area contributed by atoms with Gasteiger partial charge in [-0.15, -0.1) is 10.2 Å². The quantitative estimate of drug-likeness (QED) is 0.671. The molecule has 0 bridgehead atoms. The number of halogens is 1. The van der Waals surface area contributed by atoms with Crippen LogP contribution in [0.25, 0.3) is 0 Å². The molecular formula is C15H19ClN4O3S2. The molecule has 1 amide bonds. The molecule has 136 valence electrons. The van der Waals surface area contributed by atoms with Gasteiger partial charge in [-0.05, 0) is 18.6 Å². The average molecular weight is 403 g/mol. The number of nitrogens with zero attached hydrogens (tertiary/aromatic N) is 2. The van der Waals surface area contributed by atoms with Crippen molar-refractivity contribution in [2.45, 2.75) is 37.5 Å². The van der Waals surface area contributed by atoms with Crippen LogP contribution in [0.3, 0.4) is 0 Å². The van der Waals surface area contributed by atoms with Crippen molar-refractivity contribution >= 4 is 44.0 Å². The number of unbranched alkanes of at least 4 members (excludes halogenated alkanes) is 1. The zero-order valence-electron chi connectivity index (χ0n) is 13.7. The molecule has 0 fully saturated rings. The van der Waals surface area contributed by atoms with Crippen LogP contribution in [0.1, 0.15) is 31.2 Å². The van der Waals surface area contributed by atoms with Crippen molar-refractivity contribution in [1.29, 1.82) is 0 Å². The maximum Gasteiger partial charge on any atom is 0.242 e. The standard InChI is InChI=1S/C15H19ClN4O3S2/c1-2-3-8-14-19-20-15(24-14)18-13(21)9-10-17-25(22,23)12-7-5-4-6-11(12)16/h4-7,17H,2-3,8-10H2,1H3,(H,18,20,21). The summed E-state index contributed by atoms with van der Waals surface area (Å²) in [5, 5.41) is 12.0. The molecule has 2 aromatic rings. The molecule has 0 aliphatic rings. The predicted molar refractivity (Wildman–Crippen MR) is 98.4 cm³/mol. The first kappa shape index (κ1) is 19.8. The van der Waals surface area contributed by atoms with Gasteiger partial charge in [0.1, 0.15) is 9.90 Å². The maximum absolute atomic E-state index is 12.1. The molecule has 7 nitrogen and oxygen atoms in total. The van der Waals surface area contributed by atoms with Gasteiger partial charge in [0, 0.05) is 19.4 Å². The molecule has 1 heterocycles. The van der Waals surface area contributed by atoms with Crippen molar-refractivity contribution < 1.29 is 13.2 Å². The number of carbonyl (C=O) groups is 1. The van der Waals surface area contributed by atoms with E-state index < -0.39 is 10.0 Å². The van der Waals surface area contributed by atoms with Gasteiger partial charge in [-0.25, -0.2) is 13.1 Å². The van der Waals surface area contributed by atoms with Crippen LogP contribution in [0, 0.1) is 0 Å². The lowest BCUT2D eigenvalue weighted by Crippen LogP contribution is -2.28. The number of nitrogens with one attached hydrogen (secondary N) is 2. The Balaban J connectivity index is 1.82. The van der Waals surface area contributed by atoms with Crippen LogP contribution in [0.5, 0.6) is 0 Å². The minimum absolute atomic E-state index is 0.0123. The van der Waals surface area contributed by atoms with Gasteiger partial charge >= 0.3 is 0 Å². The van der Waals surface area contributed by atoms with Gasteiger partial charge in [0.25, 0.3) is 0 Å². The van der Waals surface area contributed by atoms with E-state index in [1.165, 1.54) is 23.5 Å². The van der Waals surface area contributed by atoms with E-state index in [2.05, 4.69) is 27.2 Å². The van der Waals surface area contributed by atoms with Crippen LogP contribution < -0.4 is 10.0 Å². The highest BCUT2D eigenvalue weighted by molar-refractivity contribution is 7.89. The molecule has 0 saturated heterocycles. The summed E-state index contributed by atoms with van der Waals surface area (Å²) in [6.45, 7) is 2.05. The highest BCUT2D eigenvalue weighted by Gasteiger charge is 2.17. The Morgan fingerprint density at radius 1 is 1.28 bits per heavy atom. The molecule has 0 aliphatic carbocycles. The van der Waals surface area contributed by atoms with Crippen molar-refractivity contribution in [3.05, 3.63) is 34.3 Å². The molecule has 0 radical (unpaired) electrons. The lowest BCUT2D eigenvalue weighted by molar-refractivity contribution is -0.116. The van der Waals surface area contributed by atoms with E-state index >= 15 is 0 Å². The van der Waals surface area contributed by atoms with Crippen molar-refractivity contribution in [2.75, 3.05) is 11.9 Å². The number of hydrogen-bond acceptors (Lipinski definition) is 6. The fourth-order valence-electron chi connectivity index (χ4n) is 1.95. The second-order valence-corrected chi connectivity index (χ2v) is 8.44. The summed E-state index contributed by atoms with van der Waals surface area (Å²) in [5.41, 5.74) is 0. The summed E-state index contributed by atoms with van der Waals surface area (Å²) >= 11 is 7.21. The number of amides is 1. The largest absolute Gasteiger partial charge is 0.300 e. The van der Waals surface area contributed by atoms with Gasteiger partial charge in [0.05, 0.1) is 5.02 Å². The smallest absolute Gasteiger partial charge is 0.242 e. The van der Waals surface area contributed by atoms with Crippen LogP contribution in [0.15, 0.2) is 29.2 Å². The highest BCUT2D eigenvalue weighted by atomic mass is 35.5. The van der Waals surface area contributed by atoms with E-state index in [-0.39, 0.29) is 28.8 Å². The number of benzene rings is 1. The highest BCUT2D eigenvalue weighted by Crippen LogP contribution is 2.20. The molecule has 2 rings (SSSR count). The Hall–Kier alpha value is -1.55. The van der Waals surface area contributed by atoms with Crippen molar-refractivity contribution in [1.82, 2.24) is 14.9 Å². The van der Waals surface area contributed by atoms with Gasteiger partial charge < -0.3 is 5.32 Å². The zero-order valence-corrected chi connectivity index (χ0v) is 16.0. The van der Waals surface area contributed by atoms with Crippen molar-refractivity contribution in [3.8, 4) is 0 Å². The van der Waals surface area contributed by atoms with Crippen LogP contribution in [0.2, 0.25) is 5.02 Å². The number of aryl methyl sites for hydroxylation is 1. The van der Waals surface area contributed by atoms with E-state index in [1.54, 1.807) is 12.1 Å². The van der Waals surface area contributed by atoms with Gasteiger partial charge in [-0.1, -0.05) is 48.4 Å². The molecule has 0 unspecified atom stereocenters. The van der Waals surface area contributed by atoms with E-state index in [0.717, 1.165) is 24.3 Å². The van der Waals surface area contributed by atoms with Crippen LogP contribution >= 0.6 is 22.9 Å². The van der Waals surface area contributed by atoms with Gasteiger partial charge in [-0.3, -0.25) is 4.79 Å². The third-order valence-corrected chi connectivity index (χ3v) is 6.09. The van der Waals surface area contributed by atoms with E-state index in [1.807, 2.05) is 0 Å². The molecule has 0 atom stereocenters. The number of aromatic nitrogens is 2. The Kier molecular flexibility index (Phi) is 7.30. The van der Waals surface area contributed by atoms with Crippen LogP contribution in [-0.4, -0.2) is 31.1 Å². The monoisotopic (exact) mass is 402 g/mol. The number of anilines is 1. The first-order valence-electron chi connectivity index (χ1n) is 7.79. The molecule has 2 N–H and O–H groups in total. The maximum atomic E-state index is 12.1. The first-order valence-corrected chi connectivity index (χ1v) is 10.5. The first-order chi connectivity index (χ1) is 11.9. The summed E-state index contributed by atoms with van der Waals surface area (Å²) in [5.74, 6) is -0.333. The second-order valence-electron chi connectivity index (χ2n) is 5.23. The van der Waals surface area contributed by atoms with Crippen LogP contribution in [-0.2, 0) is 21.2 Å². The SMILES string of the molecule is CCCCc1nnc(NC(=O)CCNS(=O)(=O)c2ccccc2Cl)s1. The van der Waals surface area contributed by atoms with Crippen molar-refractivity contribution in [2.24, 2.45) is 0 Å². The summed E-state index contributed by atoms with van der Waals surface area (Å²) in [6.07, 6.45) is 2.90. The fourth-order valence-corrected chi connectivity index (χ4v) is 4.30. The Labute approximate surface area is 155 Å². The number of rotatable bonds is 9. The molecule has 0 spiro atoms. The minimum atomic E-state index is -3.75. The Morgan fingerprint density at radius 3 is 2.76 bits per heavy atom. The van der Waals surface area contributed by atoms with Crippen molar-refractivity contribution in [3.63, 3.8) is 0 Å². The zero-order chi connectivity index (χ0) is 18.3. The Morgan fingerprint density at radius 2 is 2.04 bits per heavy atom. The third kappa shape index (κ3) is 6.03. The average Bonchev–Trinajstić information content (AvgIpc) is 3.00. The predicted octanol–water partition coefficient (Wildman–Crippen LogP) is 2.84. The van der Waals surface area contributed by atoms with Gasteiger partial charge in [-0.2, -0.15) is 0 Å². The lowest BCUT2D eigenvalue weighted by Gasteiger charge is -2.07. The lowest BCUT2D eigenvalue weighted by atomic mass is 10.3. The summed E-state index contributed by atoms with van der Waals surface area (Å²) in [6, 6.07) is 6.13. The molecule has 25 heavy (non-hydrogen) atoms. The molecule has 0 aliphatic heterocycles. The van der Waals surface area contributed by atoms with Crippen LogP contribution in [0.4, 0.5) is 5.13 Å². The molecular weight excluding hydrogens is 384 g/mol. The molecule has 0 saturated carbocycles. The summed E-state index contributed by atoms with van der Waals surface area (Å²) in [4.78, 5) is 11.9. The number of hydrogen-bond donors (Lipinski definition) is 2. The second kappa shape index (κ2) is 9.23. The Bertz CT molecular complexity index is 824. The summed E-state index contributed by atoms with van der Waals surface area (Å²) in [7, 11) is -3.75. The van der Waals surface area contributed by atoms with E-state index in [4.69, 9.17) is 11.6 Å². The number of sulfonamides is 1. The fraction of sp³-hybridized carbons (Fsp3) is 0.400. The summed E-state index contributed by atoms with van der Waals surface area (Å²) < 4.78 is 26.7. The molecule has 1 aromatic heterocycles. The van der Waals surface area contributed by atoms with Gasteiger partial charge in [0.15, 0.2) is 0 Å². The third-order valence-electron chi connectivity index (χ3n) is 3.23. The normalized spacial score (nSPS) is 11.4. The molecule has 1 aromatic carbocycles. The molecule has 10 heteroatoms. The van der Waals surface area contributed by atoms with E-state index in [0.29, 0.717) is 5.13 Å². The number of carbonyl (C=O) groups excluding carboxylic acids is 1. The van der Waals surface area contributed by atoms with E-state index in [9.17, 15) is 13.2 Å². The minimum Gasteiger partial charge on any atom is -0.300 e. The van der Waals surface area contributed by atoms with Gasteiger partial charge in [0.2, 0.25) is 21.1 Å². The topological polar surface area (TPSA) is 101 Å².